The number of rotatable bonds is 6. The Kier molecular flexibility index (Phi) is 6.48. The van der Waals surface area contributed by atoms with Crippen LogP contribution in [0.2, 0.25) is 0 Å². The molecule has 27 heavy (non-hydrogen) atoms. The molecule has 2 rings (SSSR count). The van der Waals surface area contributed by atoms with Crippen LogP contribution >= 0.6 is 0 Å². The monoisotopic (exact) mass is 372 g/mol. The Balaban J connectivity index is 1.96. The van der Waals surface area contributed by atoms with Gasteiger partial charge in [0.05, 0.1) is 18.5 Å². The van der Waals surface area contributed by atoms with Crippen molar-refractivity contribution in [1.82, 2.24) is 0 Å². The molecule has 0 radical (unpaired) electrons. The first kappa shape index (κ1) is 19.9. The third-order valence-electron chi connectivity index (χ3n) is 3.99. The third-order valence-corrected chi connectivity index (χ3v) is 3.99. The van der Waals surface area contributed by atoms with Gasteiger partial charge in [0.1, 0.15) is 6.61 Å². The lowest BCUT2D eigenvalue weighted by molar-refractivity contribution is -0.385. The molecule has 142 valence electrons. The molecule has 0 aliphatic carbocycles. The number of amides is 1. The smallest absolute Gasteiger partial charge is 0.414 e. The molecule has 0 fully saturated rings. The Bertz CT molecular complexity index is 848. The number of hydrogen-bond donors (Lipinski definition) is 0. The molecule has 0 unspecified atom stereocenters. The molecule has 2 aromatic carbocycles. The van der Waals surface area contributed by atoms with Crippen molar-refractivity contribution in [3.63, 3.8) is 0 Å². The number of esters is 1. The van der Waals surface area contributed by atoms with Gasteiger partial charge in [0.2, 0.25) is 0 Å². The topological polar surface area (TPSA) is 99.0 Å². The number of anilines is 1. The highest BCUT2D eigenvalue weighted by Crippen LogP contribution is 2.20. The molecule has 0 N–H and O–H groups in total. The number of ether oxygens (including phenoxy) is 2. The van der Waals surface area contributed by atoms with Crippen molar-refractivity contribution in [2.24, 2.45) is 0 Å². The number of benzene rings is 2. The highest BCUT2D eigenvalue weighted by molar-refractivity contribution is 5.87. The van der Waals surface area contributed by atoms with Crippen molar-refractivity contribution in [3.05, 3.63) is 69.3 Å². The minimum Gasteiger partial charge on any atom is -0.469 e. The number of aryl methyl sites for hydroxylation is 1. The van der Waals surface area contributed by atoms with E-state index < -0.39 is 11.0 Å². The molecular weight excluding hydrogens is 352 g/mol. The van der Waals surface area contributed by atoms with Crippen molar-refractivity contribution in [2.45, 2.75) is 20.0 Å². The van der Waals surface area contributed by atoms with E-state index in [9.17, 15) is 19.7 Å². The number of nitro benzene ring substituents is 1. The molecule has 0 bridgehead atoms. The average Bonchev–Trinajstić information content (AvgIpc) is 2.65. The lowest BCUT2D eigenvalue weighted by Gasteiger charge is -2.17. The van der Waals surface area contributed by atoms with E-state index in [4.69, 9.17) is 4.74 Å². The third kappa shape index (κ3) is 5.27. The number of methoxy groups -OCH3 is 1. The van der Waals surface area contributed by atoms with E-state index >= 15 is 0 Å². The van der Waals surface area contributed by atoms with Crippen LogP contribution in [0.1, 0.15) is 16.7 Å². The zero-order valence-electron chi connectivity index (χ0n) is 15.3. The van der Waals surface area contributed by atoms with Gasteiger partial charge in [-0.1, -0.05) is 12.1 Å². The summed E-state index contributed by atoms with van der Waals surface area (Å²) in [6, 6.07) is 11.4. The van der Waals surface area contributed by atoms with Gasteiger partial charge in [-0.25, -0.2) is 4.79 Å². The molecule has 0 heterocycles. The minimum atomic E-state index is -0.563. The number of nitro groups is 1. The molecule has 0 aliphatic heterocycles. The molecule has 0 saturated heterocycles. The highest BCUT2D eigenvalue weighted by Gasteiger charge is 2.15. The summed E-state index contributed by atoms with van der Waals surface area (Å²) in [6.07, 6.45) is -0.406. The summed E-state index contributed by atoms with van der Waals surface area (Å²) in [4.78, 5) is 35.2. The van der Waals surface area contributed by atoms with E-state index in [0.717, 1.165) is 5.56 Å². The van der Waals surface area contributed by atoms with E-state index in [0.29, 0.717) is 16.8 Å². The van der Waals surface area contributed by atoms with Crippen LogP contribution in [0.3, 0.4) is 0 Å². The van der Waals surface area contributed by atoms with Crippen LogP contribution in [-0.4, -0.2) is 31.1 Å². The van der Waals surface area contributed by atoms with Gasteiger partial charge in [-0.15, -0.1) is 0 Å². The molecular formula is C19H20N2O6. The molecule has 0 spiro atoms. The molecule has 0 saturated carbocycles. The van der Waals surface area contributed by atoms with Gasteiger partial charge in [0.25, 0.3) is 5.69 Å². The zero-order chi connectivity index (χ0) is 20.0. The van der Waals surface area contributed by atoms with Crippen molar-refractivity contribution < 1.29 is 24.0 Å². The van der Waals surface area contributed by atoms with Crippen molar-refractivity contribution in [1.29, 1.82) is 0 Å². The number of carbonyl (C=O) groups is 2. The zero-order valence-corrected chi connectivity index (χ0v) is 15.3. The summed E-state index contributed by atoms with van der Waals surface area (Å²) in [7, 11) is 2.89. The molecule has 8 nitrogen and oxygen atoms in total. The van der Waals surface area contributed by atoms with E-state index in [2.05, 4.69) is 4.74 Å². The fourth-order valence-electron chi connectivity index (χ4n) is 2.44. The Morgan fingerprint density at radius 1 is 1.11 bits per heavy atom. The number of carbonyl (C=O) groups excluding carboxylic acids is 2. The summed E-state index contributed by atoms with van der Waals surface area (Å²) in [6.45, 7) is 1.63. The number of nitrogens with zero attached hydrogens (tertiary/aromatic N) is 2. The largest absolute Gasteiger partial charge is 0.469 e. The molecule has 0 aromatic heterocycles. The minimum absolute atomic E-state index is 0.00241. The fourth-order valence-corrected chi connectivity index (χ4v) is 2.44. The maximum Gasteiger partial charge on any atom is 0.414 e. The normalized spacial score (nSPS) is 10.2. The molecule has 0 aliphatic rings. The Morgan fingerprint density at radius 3 is 2.30 bits per heavy atom. The summed E-state index contributed by atoms with van der Waals surface area (Å²) in [5.41, 5.74) is 2.56. The van der Waals surface area contributed by atoms with Crippen LogP contribution in [0.4, 0.5) is 16.2 Å². The van der Waals surface area contributed by atoms with Gasteiger partial charge >= 0.3 is 12.1 Å². The molecule has 2 aromatic rings. The first-order valence-corrected chi connectivity index (χ1v) is 8.12. The van der Waals surface area contributed by atoms with Gasteiger partial charge in [-0.3, -0.25) is 19.8 Å². The summed E-state index contributed by atoms with van der Waals surface area (Å²) < 4.78 is 9.87. The average molecular weight is 372 g/mol. The van der Waals surface area contributed by atoms with E-state index in [1.54, 1.807) is 50.4 Å². The Hall–Kier alpha value is -3.42. The first-order chi connectivity index (χ1) is 12.8. The van der Waals surface area contributed by atoms with E-state index in [-0.39, 0.29) is 24.7 Å². The lowest BCUT2D eigenvalue weighted by atomic mass is 10.1. The van der Waals surface area contributed by atoms with Crippen LogP contribution in [0, 0.1) is 17.0 Å². The maximum absolute atomic E-state index is 12.2. The van der Waals surface area contributed by atoms with Gasteiger partial charge < -0.3 is 9.47 Å². The fraction of sp³-hybridized carbons (Fsp3) is 0.263. The summed E-state index contributed by atoms with van der Waals surface area (Å²) >= 11 is 0. The summed E-state index contributed by atoms with van der Waals surface area (Å²) in [5.74, 6) is -0.339. The van der Waals surface area contributed by atoms with Crippen LogP contribution in [-0.2, 0) is 27.3 Å². The van der Waals surface area contributed by atoms with Crippen molar-refractivity contribution in [2.75, 3.05) is 19.1 Å². The van der Waals surface area contributed by atoms with Crippen LogP contribution in [0.15, 0.2) is 42.5 Å². The second kappa shape index (κ2) is 8.79. The predicted octanol–water partition coefficient (Wildman–Crippen LogP) is 3.39. The van der Waals surface area contributed by atoms with Gasteiger partial charge in [0.15, 0.2) is 0 Å². The van der Waals surface area contributed by atoms with E-state index in [1.165, 1.54) is 18.1 Å². The second-order valence-electron chi connectivity index (χ2n) is 5.91. The maximum atomic E-state index is 12.2. The lowest BCUT2D eigenvalue weighted by Crippen LogP contribution is -2.26. The standard InChI is InChI=1S/C19H20N2O6/c1-13-10-15(6-9-17(13)21(24)25)12-27-19(23)20(2)16-7-4-14(5-8-16)11-18(22)26-3/h4-10H,11-12H2,1-3H3. The SMILES string of the molecule is COC(=O)Cc1ccc(N(C)C(=O)OCc2ccc([N+](=O)[O-])c(C)c2)cc1. The Morgan fingerprint density at radius 2 is 1.74 bits per heavy atom. The van der Waals surface area contributed by atoms with Gasteiger partial charge in [-0.05, 0) is 42.3 Å². The molecule has 1 amide bonds. The van der Waals surface area contributed by atoms with E-state index in [1.807, 2.05) is 0 Å². The summed E-state index contributed by atoms with van der Waals surface area (Å²) in [5, 5.41) is 10.8. The predicted molar refractivity (Wildman–Crippen MR) is 98.6 cm³/mol. The van der Waals surface area contributed by atoms with Crippen LogP contribution in [0.5, 0.6) is 0 Å². The molecule has 8 heteroatoms. The van der Waals surface area contributed by atoms with Crippen molar-refractivity contribution in [3.8, 4) is 0 Å². The van der Waals surface area contributed by atoms with Gasteiger partial charge in [0, 0.05) is 24.4 Å². The quantitative estimate of drug-likeness (QED) is 0.438. The Labute approximate surface area is 156 Å². The van der Waals surface area contributed by atoms with Crippen molar-refractivity contribution >= 4 is 23.4 Å². The number of hydrogen-bond acceptors (Lipinski definition) is 6. The molecule has 0 atom stereocenters. The second-order valence-corrected chi connectivity index (χ2v) is 5.91. The first-order valence-electron chi connectivity index (χ1n) is 8.12. The highest BCUT2D eigenvalue weighted by atomic mass is 16.6. The van der Waals surface area contributed by atoms with Gasteiger partial charge in [-0.2, -0.15) is 0 Å². The van der Waals surface area contributed by atoms with Crippen LogP contribution < -0.4 is 4.90 Å². The van der Waals surface area contributed by atoms with Crippen LogP contribution in [0.25, 0.3) is 0 Å².